The number of benzene rings is 2. The SMILES string of the molecule is CC(C)(C)c1ccc(C(=O)N2N=C(c3ccc(Br)cc3)C[C@@]2(O)C(F)(F)F)cc1. The lowest BCUT2D eigenvalue weighted by Crippen LogP contribution is -2.56. The molecule has 1 aliphatic heterocycles. The highest BCUT2D eigenvalue weighted by atomic mass is 79.9. The average Bonchev–Trinajstić information content (AvgIpc) is 3.00. The highest BCUT2D eigenvalue weighted by Crippen LogP contribution is 2.42. The third-order valence-corrected chi connectivity index (χ3v) is 5.34. The lowest BCUT2D eigenvalue weighted by Gasteiger charge is -2.32. The van der Waals surface area contributed by atoms with E-state index in [1.54, 1.807) is 36.4 Å². The van der Waals surface area contributed by atoms with Crippen LogP contribution in [-0.2, 0) is 5.41 Å². The molecule has 0 aliphatic carbocycles. The van der Waals surface area contributed by atoms with Crippen molar-refractivity contribution in [2.75, 3.05) is 0 Å². The molecule has 2 aromatic carbocycles. The molecule has 1 atom stereocenters. The summed E-state index contributed by atoms with van der Waals surface area (Å²) in [7, 11) is 0. The van der Waals surface area contributed by atoms with Crippen LogP contribution in [0.4, 0.5) is 13.2 Å². The van der Waals surface area contributed by atoms with Crippen LogP contribution in [0.2, 0.25) is 0 Å². The third kappa shape index (κ3) is 4.09. The molecule has 1 heterocycles. The minimum absolute atomic E-state index is 0.0153. The Morgan fingerprint density at radius 3 is 2.10 bits per heavy atom. The Morgan fingerprint density at radius 1 is 1.07 bits per heavy atom. The van der Waals surface area contributed by atoms with Gasteiger partial charge in [-0.2, -0.15) is 23.3 Å². The van der Waals surface area contributed by atoms with Gasteiger partial charge in [-0.05, 0) is 40.8 Å². The molecule has 0 aromatic heterocycles. The summed E-state index contributed by atoms with van der Waals surface area (Å²) in [5.41, 5.74) is -2.25. The molecule has 2 aromatic rings. The van der Waals surface area contributed by atoms with E-state index in [9.17, 15) is 23.1 Å². The third-order valence-electron chi connectivity index (χ3n) is 4.81. The first-order valence-electron chi connectivity index (χ1n) is 8.90. The summed E-state index contributed by atoms with van der Waals surface area (Å²) < 4.78 is 41.9. The second-order valence-electron chi connectivity index (χ2n) is 7.99. The molecule has 0 fully saturated rings. The molecule has 0 spiro atoms. The van der Waals surface area contributed by atoms with Crippen LogP contribution in [0.1, 0.15) is 48.7 Å². The van der Waals surface area contributed by atoms with Crippen LogP contribution in [0.5, 0.6) is 0 Å². The first-order chi connectivity index (χ1) is 13.3. The topological polar surface area (TPSA) is 52.9 Å². The molecule has 8 heteroatoms. The van der Waals surface area contributed by atoms with E-state index in [-0.39, 0.29) is 21.7 Å². The number of carbonyl (C=O) groups excluding carboxylic acids is 1. The van der Waals surface area contributed by atoms with Crippen LogP contribution < -0.4 is 0 Å². The maximum atomic E-state index is 13.7. The normalized spacial score (nSPS) is 20.0. The van der Waals surface area contributed by atoms with E-state index in [0.717, 1.165) is 10.0 Å². The smallest absolute Gasteiger partial charge is 0.362 e. The van der Waals surface area contributed by atoms with E-state index in [1.807, 2.05) is 20.8 Å². The van der Waals surface area contributed by atoms with Crippen LogP contribution in [0.25, 0.3) is 0 Å². The number of hydrazone groups is 1. The number of carbonyl (C=O) groups is 1. The van der Waals surface area contributed by atoms with E-state index in [4.69, 9.17) is 0 Å². The molecule has 29 heavy (non-hydrogen) atoms. The van der Waals surface area contributed by atoms with E-state index in [2.05, 4.69) is 21.0 Å². The molecular weight excluding hydrogens is 449 g/mol. The molecule has 1 amide bonds. The Bertz CT molecular complexity index is 948. The second kappa shape index (κ2) is 7.25. The summed E-state index contributed by atoms with van der Waals surface area (Å²) >= 11 is 3.26. The van der Waals surface area contributed by atoms with Gasteiger partial charge in [0.2, 0.25) is 0 Å². The molecule has 3 rings (SSSR count). The molecule has 1 N–H and O–H groups in total. The van der Waals surface area contributed by atoms with Gasteiger partial charge in [-0.3, -0.25) is 4.79 Å². The minimum atomic E-state index is -5.07. The number of halogens is 4. The van der Waals surface area contributed by atoms with Crippen LogP contribution in [-0.4, -0.2) is 33.6 Å². The highest BCUT2D eigenvalue weighted by molar-refractivity contribution is 9.10. The minimum Gasteiger partial charge on any atom is -0.362 e. The summed E-state index contributed by atoms with van der Waals surface area (Å²) in [6.07, 6.45) is -5.92. The monoisotopic (exact) mass is 468 g/mol. The van der Waals surface area contributed by atoms with Gasteiger partial charge < -0.3 is 5.11 Å². The van der Waals surface area contributed by atoms with E-state index >= 15 is 0 Å². The van der Waals surface area contributed by atoms with Gasteiger partial charge in [-0.15, -0.1) is 0 Å². The molecule has 4 nitrogen and oxygen atoms in total. The number of aliphatic hydroxyl groups is 1. The van der Waals surface area contributed by atoms with Gasteiger partial charge in [0.25, 0.3) is 11.6 Å². The van der Waals surface area contributed by atoms with Crippen LogP contribution in [0.3, 0.4) is 0 Å². The lowest BCUT2D eigenvalue weighted by molar-refractivity contribution is -0.297. The molecule has 154 valence electrons. The summed E-state index contributed by atoms with van der Waals surface area (Å²) in [5, 5.41) is 14.5. The van der Waals surface area contributed by atoms with Crippen molar-refractivity contribution in [3.8, 4) is 0 Å². The predicted molar refractivity (Wildman–Crippen MR) is 108 cm³/mol. The van der Waals surface area contributed by atoms with Crippen LogP contribution >= 0.6 is 15.9 Å². The quantitative estimate of drug-likeness (QED) is 0.654. The lowest BCUT2D eigenvalue weighted by atomic mass is 9.86. The fraction of sp³-hybridized carbons (Fsp3) is 0.333. The maximum absolute atomic E-state index is 13.7. The van der Waals surface area contributed by atoms with Gasteiger partial charge in [0.05, 0.1) is 12.1 Å². The van der Waals surface area contributed by atoms with Crippen molar-refractivity contribution < 1.29 is 23.1 Å². The predicted octanol–water partition coefficient (Wildman–Crippen LogP) is 5.25. The van der Waals surface area contributed by atoms with Crippen molar-refractivity contribution in [2.45, 2.75) is 44.5 Å². The summed E-state index contributed by atoms with van der Waals surface area (Å²) in [6, 6.07) is 12.7. The van der Waals surface area contributed by atoms with E-state index in [0.29, 0.717) is 5.56 Å². The van der Waals surface area contributed by atoms with Gasteiger partial charge in [0.15, 0.2) is 0 Å². The molecular formula is C21H20BrF3N2O2. The Hall–Kier alpha value is -2.19. The number of rotatable bonds is 2. The molecule has 0 radical (unpaired) electrons. The van der Waals surface area contributed by atoms with E-state index < -0.39 is 24.2 Å². The summed E-state index contributed by atoms with van der Waals surface area (Å²) in [6.45, 7) is 5.96. The summed E-state index contributed by atoms with van der Waals surface area (Å²) in [5.74, 6) is -1.02. The fourth-order valence-corrected chi connectivity index (χ4v) is 3.28. The standard InChI is InChI=1S/C21H20BrF3N2O2/c1-19(2,3)15-8-4-14(5-9-15)18(28)27-20(29,21(23,24)25)12-17(26-27)13-6-10-16(22)11-7-13/h4-11,29H,12H2,1-3H3/t20-/m1/s1. The molecule has 0 bridgehead atoms. The Kier molecular flexibility index (Phi) is 5.38. The number of amides is 1. The molecule has 0 unspecified atom stereocenters. The highest BCUT2D eigenvalue weighted by Gasteiger charge is 2.63. The zero-order chi connectivity index (χ0) is 21.6. The van der Waals surface area contributed by atoms with Crippen molar-refractivity contribution in [3.05, 3.63) is 69.7 Å². The summed E-state index contributed by atoms with van der Waals surface area (Å²) in [4.78, 5) is 12.9. The van der Waals surface area contributed by atoms with Crippen molar-refractivity contribution in [1.29, 1.82) is 0 Å². The Morgan fingerprint density at radius 2 is 1.62 bits per heavy atom. The van der Waals surface area contributed by atoms with Crippen molar-refractivity contribution >= 4 is 27.5 Å². The largest absolute Gasteiger partial charge is 0.438 e. The Labute approximate surface area is 175 Å². The fourth-order valence-electron chi connectivity index (χ4n) is 3.02. The average molecular weight is 469 g/mol. The van der Waals surface area contributed by atoms with Gasteiger partial charge in [-0.25, -0.2) is 0 Å². The number of nitrogens with zero attached hydrogens (tertiary/aromatic N) is 2. The number of hydrogen-bond donors (Lipinski definition) is 1. The van der Waals surface area contributed by atoms with Gasteiger partial charge in [0, 0.05) is 10.0 Å². The Balaban J connectivity index is 2.00. The zero-order valence-corrected chi connectivity index (χ0v) is 17.7. The number of alkyl halides is 3. The maximum Gasteiger partial charge on any atom is 0.438 e. The zero-order valence-electron chi connectivity index (χ0n) is 16.1. The van der Waals surface area contributed by atoms with Gasteiger partial charge in [-0.1, -0.05) is 61.0 Å². The van der Waals surface area contributed by atoms with Crippen LogP contribution in [0, 0.1) is 0 Å². The van der Waals surface area contributed by atoms with E-state index in [1.165, 1.54) is 12.1 Å². The molecule has 0 saturated heterocycles. The first-order valence-corrected chi connectivity index (χ1v) is 9.70. The first kappa shape index (κ1) is 21.5. The van der Waals surface area contributed by atoms with Crippen molar-refractivity contribution in [2.24, 2.45) is 5.10 Å². The van der Waals surface area contributed by atoms with Crippen molar-refractivity contribution in [3.63, 3.8) is 0 Å². The second-order valence-corrected chi connectivity index (χ2v) is 8.90. The van der Waals surface area contributed by atoms with Crippen molar-refractivity contribution in [1.82, 2.24) is 5.01 Å². The molecule has 1 aliphatic rings. The number of hydrogen-bond acceptors (Lipinski definition) is 3. The van der Waals surface area contributed by atoms with Gasteiger partial charge in [0.1, 0.15) is 0 Å². The van der Waals surface area contributed by atoms with Crippen LogP contribution in [0.15, 0.2) is 58.1 Å². The van der Waals surface area contributed by atoms with Gasteiger partial charge >= 0.3 is 6.18 Å². The molecule has 0 saturated carbocycles.